The molecule has 1 aliphatic heterocycles. The van der Waals surface area contributed by atoms with Gasteiger partial charge in [0, 0.05) is 57.4 Å². The molecule has 5 nitrogen and oxygen atoms in total. The van der Waals surface area contributed by atoms with Gasteiger partial charge in [-0.05, 0) is 37.0 Å². The van der Waals surface area contributed by atoms with Crippen LogP contribution in [0.3, 0.4) is 0 Å². The van der Waals surface area contributed by atoms with Crippen molar-refractivity contribution < 1.29 is 4.79 Å². The Labute approximate surface area is 152 Å². The van der Waals surface area contributed by atoms with E-state index in [0.717, 1.165) is 39.1 Å². The van der Waals surface area contributed by atoms with Gasteiger partial charge in [-0.15, -0.1) is 0 Å². The number of hydrogen-bond acceptors (Lipinski definition) is 4. The van der Waals surface area contributed by atoms with E-state index in [0.29, 0.717) is 18.9 Å². The van der Waals surface area contributed by atoms with Gasteiger partial charge in [0.1, 0.15) is 0 Å². The SMILES string of the molecule is Cc1cccc(N2CCN(CCC(=O)NC(CN)CC(C)C)CC2)c1. The number of nitrogens with two attached hydrogens (primary N) is 1. The van der Waals surface area contributed by atoms with E-state index in [9.17, 15) is 4.79 Å². The van der Waals surface area contributed by atoms with Crippen molar-refractivity contribution in [1.29, 1.82) is 0 Å². The summed E-state index contributed by atoms with van der Waals surface area (Å²) in [4.78, 5) is 17.0. The van der Waals surface area contributed by atoms with Gasteiger partial charge in [0.25, 0.3) is 0 Å². The second-order valence-electron chi connectivity index (χ2n) is 7.55. The van der Waals surface area contributed by atoms with E-state index in [4.69, 9.17) is 5.73 Å². The van der Waals surface area contributed by atoms with Crippen LogP contribution in [0.1, 0.15) is 32.3 Å². The van der Waals surface area contributed by atoms with Gasteiger partial charge in [-0.1, -0.05) is 26.0 Å². The number of carbonyl (C=O) groups excluding carboxylic acids is 1. The zero-order valence-electron chi connectivity index (χ0n) is 16.0. The van der Waals surface area contributed by atoms with E-state index in [2.05, 4.69) is 60.2 Å². The zero-order valence-corrected chi connectivity index (χ0v) is 16.0. The van der Waals surface area contributed by atoms with Gasteiger partial charge in [0.2, 0.25) is 5.91 Å². The van der Waals surface area contributed by atoms with Crippen molar-refractivity contribution in [2.75, 3.05) is 44.2 Å². The minimum atomic E-state index is 0.102. The van der Waals surface area contributed by atoms with Crippen LogP contribution in [-0.4, -0.2) is 56.1 Å². The molecule has 25 heavy (non-hydrogen) atoms. The number of nitrogens with one attached hydrogen (secondary N) is 1. The average Bonchev–Trinajstić information content (AvgIpc) is 2.59. The van der Waals surface area contributed by atoms with Crippen molar-refractivity contribution in [3.05, 3.63) is 29.8 Å². The number of nitrogens with zero attached hydrogens (tertiary/aromatic N) is 2. The lowest BCUT2D eigenvalue weighted by Crippen LogP contribution is -2.48. The fraction of sp³-hybridized carbons (Fsp3) is 0.650. The van der Waals surface area contributed by atoms with Gasteiger partial charge >= 0.3 is 0 Å². The van der Waals surface area contributed by atoms with Gasteiger partial charge in [-0.3, -0.25) is 9.69 Å². The first-order valence-electron chi connectivity index (χ1n) is 9.51. The molecule has 0 saturated carbocycles. The molecule has 1 aromatic rings. The molecule has 0 radical (unpaired) electrons. The Bertz CT molecular complexity index is 538. The predicted molar refractivity (Wildman–Crippen MR) is 105 cm³/mol. The molecule has 0 bridgehead atoms. The van der Waals surface area contributed by atoms with Gasteiger partial charge < -0.3 is 16.0 Å². The number of anilines is 1. The molecule has 1 fully saturated rings. The Morgan fingerprint density at radius 2 is 1.96 bits per heavy atom. The van der Waals surface area contributed by atoms with E-state index < -0.39 is 0 Å². The Balaban J connectivity index is 1.70. The number of amides is 1. The van der Waals surface area contributed by atoms with Crippen LogP contribution in [0, 0.1) is 12.8 Å². The molecule has 1 heterocycles. The number of carbonyl (C=O) groups is 1. The van der Waals surface area contributed by atoms with Crippen molar-refractivity contribution in [2.45, 2.75) is 39.7 Å². The molecule has 1 unspecified atom stereocenters. The predicted octanol–water partition coefficient (Wildman–Crippen LogP) is 2.00. The van der Waals surface area contributed by atoms with Gasteiger partial charge in [-0.25, -0.2) is 0 Å². The van der Waals surface area contributed by atoms with Gasteiger partial charge in [0.15, 0.2) is 0 Å². The van der Waals surface area contributed by atoms with Gasteiger partial charge in [-0.2, -0.15) is 0 Å². The van der Waals surface area contributed by atoms with E-state index in [1.165, 1.54) is 11.3 Å². The summed E-state index contributed by atoms with van der Waals surface area (Å²) < 4.78 is 0. The first kappa shape index (κ1) is 19.7. The summed E-state index contributed by atoms with van der Waals surface area (Å²) in [6, 6.07) is 8.77. The van der Waals surface area contributed by atoms with Crippen molar-refractivity contribution in [2.24, 2.45) is 11.7 Å². The molecule has 1 atom stereocenters. The third kappa shape index (κ3) is 6.67. The van der Waals surface area contributed by atoms with Crippen LogP contribution in [0.4, 0.5) is 5.69 Å². The van der Waals surface area contributed by atoms with Crippen LogP contribution in [0.25, 0.3) is 0 Å². The Hall–Kier alpha value is -1.59. The maximum Gasteiger partial charge on any atom is 0.221 e. The highest BCUT2D eigenvalue weighted by molar-refractivity contribution is 5.76. The third-order valence-corrected chi connectivity index (χ3v) is 4.80. The first-order chi connectivity index (χ1) is 12.0. The lowest BCUT2D eigenvalue weighted by atomic mass is 10.0. The van der Waals surface area contributed by atoms with Crippen LogP contribution in [0.2, 0.25) is 0 Å². The second kappa shape index (κ2) is 9.78. The second-order valence-corrected chi connectivity index (χ2v) is 7.55. The third-order valence-electron chi connectivity index (χ3n) is 4.80. The summed E-state index contributed by atoms with van der Waals surface area (Å²) in [5, 5.41) is 3.08. The molecule has 1 amide bonds. The molecule has 2 rings (SSSR count). The Morgan fingerprint density at radius 3 is 2.56 bits per heavy atom. The molecule has 1 aromatic carbocycles. The van der Waals surface area contributed by atoms with Crippen molar-refractivity contribution in [3.8, 4) is 0 Å². The molecule has 5 heteroatoms. The van der Waals surface area contributed by atoms with Crippen LogP contribution in [-0.2, 0) is 4.79 Å². The van der Waals surface area contributed by atoms with Crippen molar-refractivity contribution in [3.63, 3.8) is 0 Å². The fourth-order valence-corrected chi connectivity index (χ4v) is 3.40. The summed E-state index contributed by atoms with van der Waals surface area (Å²) in [7, 11) is 0. The van der Waals surface area contributed by atoms with E-state index in [1.54, 1.807) is 0 Å². The largest absolute Gasteiger partial charge is 0.369 e. The molecule has 3 N–H and O–H groups in total. The summed E-state index contributed by atoms with van der Waals surface area (Å²) in [6.45, 7) is 11.8. The monoisotopic (exact) mass is 346 g/mol. The normalized spacial score (nSPS) is 16.9. The van der Waals surface area contributed by atoms with Crippen molar-refractivity contribution in [1.82, 2.24) is 10.2 Å². The van der Waals surface area contributed by atoms with E-state index in [1.807, 2.05) is 0 Å². The number of aryl methyl sites for hydroxylation is 1. The number of hydrogen-bond donors (Lipinski definition) is 2. The maximum atomic E-state index is 12.2. The molecule has 140 valence electrons. The summed E-state index contributed by atoms with van der Waals surface area (Å²) in [6.07, 6.45) is 1.50. The van der Waals surface area contributed by atoms with E-state index >= 15 is 0 Å². The topological polar surface area (TPSA) is 61.6 Å². The number of piperazine rings is 1. The van der Waals surface area contributed by atoms with E-state index in [-0.39, 0.29) is 11.9 Å². The van der Waals surface area contributed by atoms with Crippen LogP contribution < -0.4 is 16.0 Å². The van der Waals surface area contributed by atoms with Crippen molar-refractivity contribution >= 4 is 11.6 Å². The molecule has 1 saturated heterocycles. The number of benzene rings is 1. The molecule has 1 aliphatic rings. The fourth-order valence-electron chi connectivity index (χ4n) is 3.40. The highest BCUT2D eigenvalue weighted by Crippen LogP contribution is 2.17. The summed E-state index contributed by atoms with van der Waals surface area (Å²) in [5.41, 5.74) is 8.36. The quantitative estimate of drug-likeness (QED) is 0.756. The summed E-state index contributed by atoms with van der Waals surface area (Å²) in [5.74, 6) is 0.667. The smallest absolute Gasteiger partial charge is 0.221 e. The molecular formula is C20H34N4O. The first-order valence-corrected chi connectivity index (χ1v) is 9.51. The van der Waals surface area contributed by atoms with Gasteiger partial charge in [0.05, 0.1) is 0 Å². The maximum absolute atomic E-state index is 12.2. The van der Waals surface area contributed by atoms with Crippen LogP contribution >= 0.6 is 0 Å². The molecule has 0 spiro atoms. The standard InChI is InChI=1S/C20H34N4O/c1-16(2)13-18(15-21)22-20(25)7-8-23-9-11-24(12-10-23)19-6-4-5-17(3)14-19/h4-6,14,16,18H,7-13,15,21H2,1-3H3,(H,22,25). The van der Waals surface area contributed by atoms with Crippen LogP contribution in [0.5, 0.6) is 0 Å². The lowest BCUT2D eigenvalue weighted by molar-refractivity contribution is -0.122. The molecular weight excluding hydrogens is 312 g/mol. The summed E-state index contributed by atoms with van der Waals surface area (Å²) >= 11 is 0. The minimum Gasteiger partial charge on any atom is -0.369 e. The Morgan fingerprint density at radius 1 is 1.24 bits per heavy atom. The molecule has 0 aromatic heterocycles. The van der Waals surface area contributed by atoms with Crippen LogP contribution in [0.15, 0.2) is 24.3 Å². The Kier molecular flexibility index (Phi) is 7.72. The number of rotatable bonds is 8. The minimum absolute atomic E-state index is 0.102. The highest BCUT2D eigenvalue weighted by Gasteiger charge is 2.18. The molecule has 0 aliphatic carbocycles. The zero-order chi connectivity index (χ0) is 18.2. The highest BCUT2D eigenvalue weighted by atomic mass is 16.1. The lowest BCUT2D eigenvalue weighted by Gasteiger charge is -2.36. The average molecular weight is 347 g/mol.